The lowest BCUT2D eigenvalue weighted by Crippen LogP contribution is -2.39. The van der Waals surface area contributed by atoms with Crippen LogP contribution in [0.3, 0.4) is 0 Å². The largest absolute Gasteiger partial charge is 0.381 e. The molecule has 7 nitrogen and oxygen atoms in total. The molecule has 27 heavy (non-hydrogen) atoms. The van der Waals surface area contributed by atoms with Crippen molar-refractivity contribution in [1.82, 2.24) is 20.8 Å². The van der Waals surface area contributed by atoms with Gasteiger partial charge in [0, 0.05) is 50.4 Å². The van der Waals surface area contributed by atoms with Gasteiger partial charge in [0.2, 0.25) is 11.7 Å². The first kappa shape index (κ1) is 19.6. The number of hydrogen-bond donors (Lipinski definition) is 2. The molecule has 0 radical (unpaired) electrons. The minimum Gasteiger partial charge on any atom is -0.381 e. The lowest BCUT2D eigenvalue weighted by atomic mass is 10.2. The van der Waals surface area contributed by atoms with Crippen LogP contribution in [0, 0.1) is 5.92 Å². The predicted octanol–water partition coefficient (Wildman–Crippen LogP) is 2.91. The number of aliphatic imine (C=N–C) groups is 1. The van der Waals surface area contributed by atoms with Crippen LogP contribution in [0.15, 0.2) is 33.8 Å². The van der Waals surface area contributed by atoms with Crippen LogP contribution in [0.5, 0.6) is 0 Å². The van der Waals surface area contributed by atoms with Crippen molar-refractivity contribution in [2.45, 2.75) is 25.7 Å². The SMILES string of the molecule is CN=C(NCCCOCC1CC1)NCCc1nc(-c2ccc(Cl)cc2)no1. The maximum absolute atomic E-state index is 5.90. The number of rotatable bonds is 10. The van der Waals surface area contributed by atoms with Gasteiger partial charge in [-0.1, -0.05) is 16.8 Å². The predicted molar refractivity (Wildman–Crippen MR) is 106 cm³/mol. The van der Waals surface area contributed by atoms with Crippen molar-refractivity contribution in [1.29, 1.82) is 0 Å². The Labute approximate surface area is 164 Å². The number of benzene rings is 1. The van der Waals surface area contributed by atoms with E-state index in [2.05, 4.69) is 25.8 Å². The normalized spacial score (nSPS) is 14.4. The van der Waals surface area contributed by atoms with Gasteiger partial charge in [0.15, 0.2) is 5.96 Å². The van der Waals surface area contributed by atoms with E-state index in [9.17, 15) is 0 Å². The summed E-state index contributed by atoms with van der Waals surface area (Å²) in [5, 5.41) is 11.2. The lowest BCUT2D eigenvalue weighted by Gasteiger charge is -2.11. The summed E-state index contributed by atoms with van der Waals surface area (Å²) in [7, 11) is 1.75. The summed E-state index contributed by atoms with van der Waals surface area (Å²) in [6.45, 7) is 3.18. The molecule has 0 atom stereocenters. The summed E-state index contributed by atoms with van der Waals surface area (Å²) in [6.07, 6.45) is 4.24. The van der Waals surface area contributed by atoms with Crippen LogP contribution in [0.2, 0.25) is 5.02 Å². The quantitative estimate of drug-likeness (QED) is 0.368. The van der Waals surface area contributed by atoms with E-state index in [-0.39, 0.29) is 0 Å². The molecule has 0 unspecified atom stereocenters. The molecular weight excluding hydrogens is 366 g/mol. The molecule has 0 spiro atoms. The van der Waals surface area contributed by atoms with E-state index in [0.29, 0.717) is 29.7 Å². The molecule has 1 aliphatic rings. The second kappa shape index (κ2) is 10.3. The zero-order valence-electron chi connectivity index (χ0n) is 15.6. The van der Waals surface area contributed by atoms with Crippen LogP contribution in [-0.2, 0) is 11.2 Å². The Hall–Kier alpha value is -2.12. The van der Waals surface area contributed by atoms with Crippen LogP contribution < -0.4 is 10.6 Å². The molecular formula is C19H26ClN5O2. The summed E-state index contributed by atoms with van der Waals surface area (Å²) in [4.78, 5) is 8.62. The van der Waals surface area contributed by atoms with Crippen LogP contribution in [0.25, 0.3) is 11.4 Å². The van der Waals surface area contributed by atoms with Crippen molar-refractivity contribution in [3.63, 3.8) is 0 Å². The Kier molecular flexibility index (Phi) is 7.47. The molecule has 0 bridgehead atoms. The van der Waals surface area contributed by atoms with Gasteiger partial charge in [-0.2, -0.15) is 4.98 Å². The van der Waals surface area contributed by atoms with Gasteiger partial charge in [-0.15, -0.1) is 0 Å². The highest BCUT2D eigenvalue weighted by Gasteiger charge is 2.20. The van der Waals surface area contributed by atoms with Crippen molar-refractivity contribution >= 4 is 17.6 Å². The van der Waals surface area contributed by atoms with Gasteiger partial charge < -0.3 is 19.9 Å². The van der Waals surface area contributed by atoms with Crippen molar-refractivity contribution < 1.29 is 9.26 Å². The third kappa shape index (κ3) is 6.84. The van der Waals surface area contributed by atoms with Crippen molar-refractivity contribution in [3.05, 3.63) is 35.2 Å². The Morgan fingerprint density at radius 3 is 2.78 bits per heavy atom. The van der Waals surface area contributed by atoms with E-state index in [0.717, 1.165) is 43.6 Å². The van der Waals surface area contributed by atoms with Crippen molar-refractivity contribution in [3.8, 4) is 11.4 Å². The number of nitrogens with zero attached hydrogens (tertiary/aromatic N) is 3. The monoisotopic (exact) mass is 391 g/mol. The molecule has 1 aromatic heterocycles. The third-order valence-electron chi connectivity index (χ3n) is 4.23. The van der Waals surface area contributed by atoms with Gasteiger partial charge in [0.05, 0.1) is 0 Å². The fourth-order valence-corrected chi connectivity index (χ4v) is 2.62. The highest BCUT2D eigenvalue weighted by molar-refractivity contribution is 6.30. The fourth-order valence-electron chi connectivity index (χ4n) is 2.50. The highest BCUT2D eigenvalue weighted by Crippen LogP contribution is 2.28. The molecule has 2 N–H and O–H groups in total. The number of guanidine groups is 1. The zero-order chi connectivity index (χ0) is 18.9. The second-order valence-electron chi connectivity index (χ2n) is 6.57. The maximum atomic E-state index is 5.90. The smallest absolute Gasteiger partial charge is 0.228 e. The molecule has 3 rings (SSSR count). The Bertz CT molecular complexity index is 728. The van der Waals surface area contributed by atoms with E-state index < -0.39 is 0 Å². The van der Waals surface area contributed by atoms with Crippen LogP contribution in [-0.4, -0.2) is 49.5 Å². The minimum atomic E-state index is 0.565. The molecule has 1 saturated carbocycles. The first-order valence-electron chi connectivity index (χ1n) is 9.35. The number of hydrogen-bond acceptors (Lipinski definition) is 5. The lowest BCUT2D eigenvalue weighted by molar-refractivity contribution is 0.123. The van der Waals surface area contributed by atoms with Gasteiger partial charge in [0.1, 0.15) is 0 Å². The third-order valence-corrected chi connectivity index (χ3v) is 4.49. The number of aromatic nitrogens is 2. The molecule has 0 saturated heterocycles. The topological polar surface area (TPSA) is 84.6 Å². The molecule has 8 heteroatoms. The van der Waals surface area contributed by atoms with Crippen LogP contribution >= 0.6 is 11.6 Å². The molecule has 2 aromatic rings. The number of ether oxygens (including phenoxy) is 1. The van der Waals surface area contributed by atoms with E-state index in [1.807, 2.05) is 12.1 Å². The maximum Gasteiger partial charge on any atom is 0.228 e. The summed E-state index contributed by atoms with van der Waals surface area (Å²) in [6, 6.07) is 7.35. The Balaban J connectivity index is 1.32. The highest BCUT2D eigenvalue weighted by atomic mass is 35.5. The average Bonchev–Trinajstić information content (AvgIpc) is 3.39. The molecule has 0 amide bonds. The summed E-state index contributed by atoms with van der Waals surface area (Å²) in [5.41, 5.74) is 0.878. The van der Waals surface area contributed by atoms with E-state index >= 15 is 0 Å². The van der Waals surface area contributed by atoms with Gasteiger partial charge >= 0.3 is 0 Å². The van der Waals surface area contributed by atoms with Gasteiger partial charge in [-0.25, -0.2) is 0 Å². The van der Waals surface area contributed by atoms with E-state index in [1.54, 1.807) is 19.2 Å². The Morgan fingerprint density at radius 1 is 1.26 bits per heavy atom. The summed E-state index contributed by atoms with van der Waals surface area (Å²) < 4.78 is 10.9. The number of nitrogens with one attached hydrogen (secondary N) is 2. The van der Waals surface area contributed by atoms with Crippen LogP contribution in [0.1, 0.15) is 25.2 Å². The molecule has 1 fully saturated rings. The minimum absolute atomic E-state index is 0.565. The molecule has 1 aliphatic carbocycles. The van der Waals surface area contributed by atoms with Crippen molar-refractivity contribution in [2.75, 3.05) is 33.4 Å². The fraction of sp³-hybridized carbons (Fsp3) is 0.526. The second-order valence-corrected chi connectivity index (χ2v) is 7.00. The first-order chi connectivity index (χ1) is 13.2. The Morgan fingerprint density at radius 2 is 2.04 bits per heavy atom. The average molecular weight is 392 g/mol. The summed E-state index contributed by atoms with van der Waals surface area (Å²) in [5.74, 6) is 2.72. The molecule has 1 heterocycles. The first-order valence-corrected chi connectivity index (χ1v) is 9.73. The van der Waals surface area contributed by atoms with Gasteiger partial charge in [-0.05, 0) is 49.4 Å². The zero-order valence-corrected chi connectivity index (χ0v) is 16.3. The molecule has 1 aromatic carbocycles. The molecule has 146 valence electrons. The van der Waals surface area contributed by atoms with Crippen LogP contribution in [0.4, 0.5) is 0 Å². The summed E-state index contributed by atoms with van der Waals surface area (Å²) >= 11 is 5.90. The van der Waals surface area contributed by atoms with E-state index in [1.165, 1.54) is 12.8 Å². The standard InChI is InChI=1S/C19H26ClN5O2/c1-21-19(22-10-2-12-26-13-14-3-4-14)23-11-9-17-24-18(25-27-17)15-5-7-16(20)8-6-15/h5-8,14H,2-4,9-13H2,1H3,(H2,21,22,23). The number of halogens is 1. The van der Waals surface area contributed by atoms with Gasteiger partial charge in [0.25, 0.3) is 0 Å². The molecule has 0 aliphatic heterocycles. The van der Waals surface area contributed by atoms with Crippen molar-refractivity contribution in [2.24, 2.45) is 10.9 Å². The van der Waals surface area contributed by atoms with Gasteiger partial charge in [-0.3, -0.25) is 4.99 Å². The van der Waals surface area contributed by atoms with E-state index in [4.69, 9.17) is 20.9 Å².